The van der Waals surface area contributed by atoms with Crippen LogP contribution in [-0.2, 0) is 0 Å². The molecule has 0 saturated carbocycles. The zero-order valence-corrected chi connectivity index (χ0v) is 18.2. The number of rotatable bonds is 11. The molecule has 0 amide bonds. The number of phenolic OH excluding ortho intramolecular Hbond substituents is 1. The number of unbranched alkanes of at least 4 members (excludes halogenated alkanes) is 1. The third-order valence-electron chi connectivity index (χ3n) is 4.66. The molecule has 0 aliphatic rings. The Balaban J connectivity index is 2.26. The molecule has 0 unspecified atom stereocenters. The zero-order valence-electron chi connectivity index (χ0n) is 18.2. The molecule has 0 aliphatic heterocycles. The molecule has 1 aromatic rings. The highest BCUT2D eigenvalue weighted by atomic mass is 16.5. The van der Waals surface area contributed by atoms with Gasteiger partial charge in [-0.15, -0.1) is 0 Å². The van der Waals surface area contributed by atoms with Crippen LogP contribution in [0.5, 0.6) is 11.5 Å². The van der Waals surface area contributed by atoms with Crippen LogP contribution in [0.25, 0.3) is 0 Å². The van der Waals surface area contributed by atoms with Gasteiger partial charge in [0.05, 0.1) is 6.61 Å². The minimum absolute atomic E-state index is 0.303. The maximum Gasteiger partial charge on any atom is 0.125 e. The Morgan fingerprint density at radius 2 is 1.37 bits per heavy atom. The van der Waals surface area contributed by atoms with E-state index in [1.807, 2.05) is 13.8 Å². The van der Waals surface area contributed by atoms with Gasteiger partial charge in [-0.1, -0.05) is 34.9 Å². The van der Waals surface area contributed by atoms with Crippen molar-refractivity contribution in [1.82, 2.24) is 0 Å². The fraction of sp³-hybridized carbons (Fsp3) is 0.520. The van der Waals surface area contributed by atoms with Gasteiger partial charge in [0.2, 0.25) is 0 Å². The topological polar surface area (TPSA) is 29.5 Å². The van der Waals surface area contributed by atoms with Gasteiger partial charge >= 0.3 is 0 Å². The van der Waals surface area contributed by atoms with Crippen LogP contribution < -0.4 is 4.74 Å². The number of ether oxygens (including phenoxy) is 1. The Bertz CT molecular complexity index is 651. The van der Waals surface area contributed by atoms with Crippen LogP contribution >= 0.6 is 0 Å². The third kappa shape index (κ3) is 10.1. The molecule has 2 heteroatoms. The minimum atomic E-state index is 0.303. The van der Waals surface area contributed by atoms with Gasteiger partial charge in [-0.25, -0.2) is 0 Å². The van der Waals surface area contributed by atoms with E-state index in [4.69, 9.17) is 4.74 Å². The Morgan fingerprint density at radius 1 is 0.852 bits per heavy atom. The van der Waals surface area contributed by atoms with E-state index in [9.17, 15) is 5.11 Å². The average molecular weight is 371 g/mol. The number of benzene rings is 1. The van der Waals surface area contributed by atoms with Crippen molar-refractivity contribution in [2.75, 3.05) is 6.61 Å². The average Bonchev–Trinajstić information content (AvgIpc) is 2.56. The molecular weight excluding hydrogens is 332 g/mol. The highest BCUT2D eigenvalue weighted by Crippen LogP contribution is 2.27. The molecule has 27 heavy (non-hydrogen) atoms. The molecule has 1 rings (SSSR count). The Morgan fingerprint density at radius 3 is 1.93 bits per heavy atom. The molecule has 0 fully saturated rings. The Hall–Kier alpha value is -1.96. The number of hydrogen-bond acceptors (Lipinski definition) is 2. The molecule has 0 spiro atoms. The highest BCUT2D eigenvalue weighted by Gasteiger charge is 2.05. The van der Waals surface area contributed by atoms with Crippen molar-refractivity contribution >= 4 is 0 Å². The maximum atomic E-state index is 9.59. The van der Waals surface area contributed by atoms with Crippen molar-refractivity contribution in [2.45, 2.75) is 80.1 Å². The van der Waals surface area contributed by atoms with Crippen molar-refractivity contribution in [3.63, 3.8) is 0 Å². The van der Waals surface area contributed by atoms with Gasteiger partial charge < -0.3 is 9.84 Å². The van der Waals surface area contributed by atoms with Crippen molar-refractivity contribution in [1.29, 1.82) is 0 Å². The summed E-state index contributed by atoms with van der Waals surface area (Å²) in [5.74, 6) is 1.21. The Labute approximate surface area is 166 Å². The molecule has 0 bridgehead atoms. The number of aryl methyl sites for hydroxylation is 2. The van der Waals surface area contributed by atoms with Gasteiger partial charge in [-0.2, -0.15) is 0 Å². The van der Waals surface area contributed by atoms with Crippen LogP contribution in [0.4, 0.5) is 0 Å². The summed E-state index contributed by atoms with van der Waals surface area (Å²) in [6, 6.07) is 3.50. The lowest BCUT2D eigenvalue weighted by atomic mass is 10.1. The van der Waals surface area contributed by atoms with Crippen molar-refractivity contribution in [3.05, 3.63) is 58.2 Å². The number of phenols is 1. The van der Waals surface area contributed by atoms with Crippen LogP contribution in [0.15, 0.2) is 47.1 Å². The van der Waals surface area contributed by atoms with Crippen LogP contribution in [0.2, 0.25) is 0 Å². The second-order valence-electron chi connectivity index (χ2n) is 7.86. The summed E-state index contributed by atoms with van der Waals surface area (Å²) >= 11 is 0. The second-order valence-corrected chi connectivity index (χ2v) is 7.86. The molecule has 150 valence electrons. The van der Waals surface area contributed by atoms with E-state index in [-0.39, 0.29) is 0 Å². The maximum absolute atomic E-state index is 9.59. The van der Waals surface area contributed by atoms with E-state index in [0.717, 1.165) is 49.0 Å². The number of allylic oxidation sites excluding steroid dienone is 6. The predicted octanol–water partition coefficient (Wildman–Crippen LogP) is 7.59. The third-order valence-corrected chi connectivity index (χ3v) is 4.66. The summed E-state index contributed by atoms with van der Waals surface area (Å²) < 4.78 is 5.92. The molecule has 0 heterocycles. The number of hydrogen-bond donors (Lipinski definition) is 1. The fourth-order valence-electron chi connectivity index (χ4n) is 3.10. The van der Waals surface area contributed by atoms with Crippen molar-refractivity contribution in [3.8, 4) is 11.5 Å². The molecule has 0 atom stereocenters. The van der Waals surface area contributed by atoms with E-state index >= 15 is 0 Å². The van der Waals surface area contributed by atoms with Gasteiger partial charge in [0.25, 0.3) is 0 Å². The molecule has 1 N–H and O–H groups in total. The first kappa shape index (κ1) is 23.1. The summed E-state index contributed by atoms with van der Waals surface area (Å²) in [5.41, 5.74) is 6.34. The monoisotopic (exact) mass is 370 g/mol. The summed E-state index contributed by atoms with van der Waals surface area (Å²) in [6.45, 7) is 13.4. The first-order valence-electron chi connectivity index (χ1n) is 10.2. The number of aromatic hydroxyl groups is 1. The highest BCUT2D eigenvalue weighted by molar-refractivity contribution is 5.45. The lowest BCUT2D eigenvalue weighted by Crippen LogP contribution is -2.00. The zero-order chi connectivity index (χ0) is 20.2. The van der Waals surface area contributed by atoms with Crippen molar-refractivity contribution < 1.29 is 9.84 Å². The first-order valence-corrected chi connectivity index (χ1v) is 10.2. The molecule has 0 aliphatic carbocycles. The minimum Gasteiger partial charge on any atom is -0.508 e. The summed E-state index contributed by atoms with van der Waals surface area (Å²) in [5, 5.41) is 9.59. The molecule has 0 aromatic heterocycles. The second kappa shape index (κ2) is 12.4. The van der Waals surface area contributed by atoms with Crippen LogP contribution in [0, 0.1) is 13.8 Å². The van der Waals surface area contributed by atoms with E-state index in [0.29, 0.717) is 12.4 Å². The van der Waals surface area contributed by atoms with E-state index in [1.165, 1.54) is 23.1 Å². The lowest BCUT2D eigenvalue weighted by Gasteiger charge is -2.12. The standard InChI is InChI=1S/C25H38O2/c1-19(2)11-9-13-21(4)15-10-14-20(3)12-7-8-16-27-25-22(5)17-24(26)18-23(25)6/h11-12,15,17-18,26H,7-10,13-14,16H2,1-6H3/b20-12+,21-15+. The summed E-state index contributed by atoms with van der Waals surface area (Å²) in [7, 11) is 0. The van der Waals surface area contributed by atoms with Gasteiger partial charge in [0, 0.05) is 0 Å². The van der Waals surface area contributed by atoms with Crippen LogP contribution in [0.3, 0.4) is 0 Å². The summed E-state index contributed by atoms with van der Waals surface area (Å²) in [6.07, 6.45) is 13.7. The van der Waals surface area contributed by atoms with Crippen LogP contribution in [-0.4, -0.2) is 11.7 Å². The normalized spacial score (nSPS) is 12.2. The summed E-state index contributed by atoms with van der Waals surface area (Å²) in [4.78, 5) is 0. The van der Waals surface area contributed by atoms with E-state index in [2.05, 4.69) is 45.9 Å². The molecule has 0 saturated heterocycles. The van der Waals surface area contributed by atoms with Crippen LogP contribution in [0.1, 0.15) is 77.3 Å². The SMILES string of the molecule is CC(C)=CCC/C(C)=C/CC/C(C)=C/CCCOc1c(C)cc(O)cc1C. The van der Waals surface area contributed by atoms with Gasteiger partial charge in [0.1, 0.15) is 11.5 Å². The largest absolute Gasteiger partial charge is 0.508 e. The smallest absolute Gasteiger partial charge is 0.125 e. The molecule has 1 aromatic carbocycles. The van der Waals surface area contributed by atoms with E-state index in [1.54, 1.807) is 12.1 Å². The molecular formula is C25H38O2. The Kier molecular flexibility index (Phi) is 10.6. The molecule has 0 radical (unpaired) electrons. The van der Waals surface area contributed by atoms with Crippen molar-refractivity contribution in [2.24, 2.45) is 0 Å². The van der Waals surface area contributed by atoms with E-state index < -0.39 is 0 Å². The van der Waals surface area contributed by atoms with Gasteiger partial charge in [0.15, 0.2) is 0 Å². The first-order chi connectivity index (χ1) is 12.8. The van der Waals surface area contributed by atoms with Gasteiger partial charge in [-0.05, 0) is 103 Å². The fourth-order valence-corrected chi connectivity index (χ4v) is 3.10. The predicted molar refractivity (Wildman–Crippen MR) is 118 cm³/mol. The van der Waals surface area contributed by atoms with Gasteiger partial charge in [-0.3, -0.25) is 0 Å². The quantitative estimate of drug-likeness (QED) is 0.321. The molecule has 2 nitrogen and oxygen atoms in total. The lowest BCUT2D eigenvalue weighted by molar-refractivity contribution is 0.307.